The molecule has 3 heteroatoms. The number of furan rings is 1. The molecular weight excluding hydrogens is 226 g/mol. The zero-order valence-corrected chi connectivity index (χ0v) is 11.9. The van der Waals surface area contributed by atoms with Crippen molar-refractivity contribution in [3.8, 4) is 0 Å². The van der Waals surface area contributed by atoms with E-state index in [2.05, 4.69) is 26.1 Å². The summed E-state index contributed by atoms with van der Waals surface area (Å²) in [5.74, 6) is 1.25. The smallest absolute Gasteiger partial charge is 0.152 e. The van der Waals surface area contributed by atoms with Gasteiger partial charge in [-0.3, -0.25) is 4.79 Å². The maximum atomic E-state index is 12.3. The number of hydrogen-bond acceptors (Lipinski definition) is 3. The summed E-state index contributed by atoms with van der Waals surface area (Å²) in [5, 5.41) is 3.41. The second-order valence-electron chi connectivity index (χ2n) is 5.02. The molecule has 1 aromatic rings. The zero-order chi connectivity index (χ0) is 13.5. The molecule has 0 bridgehead atoms. The molecule has 0 aliphatic rings. The fourth-order valence-electron chi connectivity index (χ4n) is 1.88. The summed E-state index contributed by atoms with van der Waals surface area (Å²) in [6.07, 6.45) is 4.20. The summed E-state index contributed by atoms with van der Waals surface area (Å²) in [4.78, 5) is 12.3. The zero-order valence-electron chi connectivity index (χ0n) is 11.9. The Morgan fingerprint density at radius 3 is 2.56 bits per heavy atom. The van der Waals surface area contributed by atoms with Crippen LogP contribution in [0.5, 0.6) is 0 Å². The van der Waals surface area contributed by atoms with E-state index in [1.165, 1.54) is 0 Å². The summed E-state index contributed by atoms with van der Waals surface area (Å²) in [7, 11) is 0. The van der Waals surface area contributed by atoms with Crippen LogP contribution in [0.25, 0.3) is 0 Å². The molecular formula is C15H25NO2. The highest BCUT2D eigenvalue weighted by molar-refractivity contribution is 5.86. The van der Waals surface area contributed by atoms with E-state index in [1.807, 2.05) is 19.1 Å². The Labute approximate surface area is 110 Å². The summed E-state index contributed by atoms with van der Waals surface area (Å²) < 4.78 is 5.35. The highest BCUT2D eigenvalue weighted by Gasteiger charge is 2.24. The molecule has 18 heavy (non-hydrogen) atoms. The van der Waals surface area contributed by atoms with Crippen LogP contribution in [0.1, 0.15) is 46.3 Å². The molecule has 0 aliphatic heterocycles. The van der Waals surface area contributed by atoms with Crippen LogP contribution in [0.4, 0.5) is 0 Å². The van der Waals surface area contributed by atoms with Gasteiger partial charge in [-0.1, -0.05) is 20.8 Å². The van der Waals surface area contributed by atoms with Crippen LogP contribution in [-0.4, -0.2) is 17.9 Å². The third-order valence-electron chi connectivity index (χ3n) is 3.53. The number of Topliss-reactive ketones (excluding diaryl/α,β-unsaturated/α-hetero) is 1. The third-order valence-corrected chi connectivity index (χ3v) is 3.53. The molecule has 1 aromatic heterocycles. The highest BCUT2D eigenvalue weighted by atomic mass is 16.3. The van der Waals surface area contributed by atoms with Gasteiger partial charge in [-0.2, -0.15) is 0 Å². The first-order valence-electron chi connectivity index (χ1n) is 6.90. The number of rotatable bonds is 8. The second-order valence-corrected chi connectivity index (χ2v) is 5.02. The van der Waals surface area contributed by atoms with E-state index >= 15 is 0 Å². The van der Waals surface area contributed by atoms with Crippen molar-refractivity contribution < 1.29 is 9.21 Å². The number of nitrogens with one attached hydrogen (secondary N) is 1. The molecule has 1 heterocycles. The Hall–Kier alpha value is -1.09. The van der Waals surface area contributed by atoms with Gasteiger partial charge in [-0.15, -0.1) is 0 Å². The lowest BCUT2D eigenvalue weighted by Gasteiger charge is -2.23. The summed E-state index contributed by atoms with van der Waals surface area (Å²) in [6, 6.07) is 4.00. The first-order valence-corrected chi connectivity index (χ1v) is 6.90. The van der Waals surface area contributed by atoms with Crippen LogP contribution in [0.15, 0.2) is 22.8 Å². The molecule has 1 N–H and O–H groups in total. The Balaban J connectivity index is 2.71. The maximum Gasteiger partial charge on any atom is 0.152 e. The molecule has 0 aromatic carbocycles. The number of carbonyl (C=O) groups is 1. The van der Waals surface area contributed by atoms with Crippen LogP contribution < -0.4 is 5.32 Å². The van der Waals surface area contributed by atoms with Crippen molar-refractivity contribution in [1.29, 1.82) is 0 Å². The first kappa shape index (κ1) is 15.0. The van der Waals surface area contributed by atoms with Crippen molar-refractivity contribution in [2.45, 2.75) is 59.0 Å². The molecule has 0 radical (unpaired) electrons. The largest absolute Gasteiger partial charge is 0.469 e. The molecule has 1 rings (SSSR count). The first-order chi connectivity index (χ1) is 8.58. The van der Waals surface area contributed by atoms with Gasteiger partial charge in [0.15, 0.2) is 5.78 Å². The molecule has 3 atom stereocenters. The molecule has 0 amide bonds. The molecule has 0 fully saturated rings. The fraction of sp³-hybridized carbons (Fsp3) is 0.667. The molecule has 102 valence electrons. The van der Waals surface area contributed by atoms with E-state index in [0.29, 0.717) is 12.5 Å². The van der Waals surface area contributed by atoms with Gasteiger partial charge in [-0.25, -0.2) is 0 Å². The third kappa shape index (κ3) is 4.30. The van der Waals surface area contributed by atoms with Gasteiger partial charge in [0.1, 0.15) is 5.76 Å². The van der Waals surface area contributed by atoms with Crippen molar-refractivity contribution in [3.05, 3.63) is 24.2 Å². The van der Waals surface area contributed by atoms with Crippen molar-refractivity contribution in [1.82, 2.24) is 5.32 Å². The maximum absolute atomic E-state index is 12.3. The second kappa shape index (κ2) is 7.37. The van der Waals surface area contributed by atoms with Gasteiger partial charge >= 0.3 is 0 Å². The molecule has 0 saturated heterocycles. The molecule has 3 nitrogen and oxygen atoms in total. The Kier molecular flexibility index (Phi) is 6.13. The predicted molar refractivity (Wildman–Crippen MR) is 73.6 cm³/mol. The average molecular weight is 251 g/mol. The Morgan fingerprint density at radius 2 is 2.06 bits per heavy atom. The lowest BCUT2D eigenvalue weighted by molar-refractivity contribution is -0.124. The quantitative estimate of drug-likeness (QED) is 0.771. The predicted octanol–water partition coefficient (Wildman–Crippen LogP) is 3.19. The van der Waals surface area contributed by atoms with Crippen LogP contribution in [0.2, 0.25) is 0 Å². The summed E-state index contributed by atoms with van der Waals surface area (Å²) >= 11 is 0. The van der Waals surface area contributed by atoms with Gasteiger partial charge in [0.05, 0.1) is 12.3 Å². The highest BCUT2D eigenvalue weighted by Crippen LogP contribution is 2.12. The number of ketones is 1. The van der Waals surface area contributed by atoms with E-state index in [0.717, 1.165) is 18.6 Å². The molecule has 0 aliphatic carbocycles. The van der Waals surface area contributed by atoms with Crippen molar-refractivity contribution >= 4 is 5.78 Å². The summed E-state index contributed by atoms with van der Waals surface area (Å²) in [6.45, 7) is 8.28. The Morgan fingerprint density at radius 1 is 1.33 bits per heavy atom. The van der Waals surface area contributed by atoms with Crippen LogP contribution in [0, 0.1) is 5.92 Å². The SMILES string of the molecule is CCC(C)NC(Cc1ccco1)C(=O)C(C)CC. The Bertz CT molecular complexity index is 345. The van der Waals surface area contributed by atoms with E-state index in [9.17, 15) is 4.79 Å². The van der Waals surface area contributed by atoms with Gasteiger partial charge in [0.2, 0.25) is 0 Å². The number of hydrogen-bond donors (Lipinski definition) is 1. The fourth-order valence-corrected chi connectivity index (χ4v) is 1.88. The molecule has 3 unspecified atom stereocenters. The monoisotopic (exact) mass is 251 g/mol. The lowest BCUT2D eigenvalue weighted by atomic mass is 9.94. The minimum atomic E-state index is -0.138. The molecule has 0 spiro atoms. The van der Waals surface area contributed by atoms with Crippen LogP contribution >= 0.6 is 0 Å². The van der Waals surface area contributed by atoms with Crippen molar-refractivity contribution in [3.63, 3.8) is 0 Å². The van der Waals surface area contributed by atoms with Gasteiger partial charge in [0, 0.05) is 18.4 Å². The number of carbonyl (C=O) groups excluding carboxylic acids is 1. The topological polar surface area (TPSA) is 42.2 Å². The van der Waals surface area contributed by atoms with Crippen molar-refractivity contribution in [2.75, 3.05) is 0 Å². The van der Waals surface area contributed by atoms with E-state index in [1.54, 1.807) is 6.26 Å². The minimum absolute atomic E-state index is 0.0986. The van der Waals surface area contributed by atoms with E-state index in [4.69, 9.17) is 4.42 Å². The van der Waals surface area contributed by atoms with Gasteiger partial charge in [0.25, 0.3) is 0 Å². The van der Waals surface area contributed by atoms with Crippen molar-refractivity contribution in [2.24, 2.45) is 5.92 Å². The molecule has 0 saturated carbocycles. The summed E-state index contributed by atoms with van der Waals surface area (Å²) in [5.41, 5.74) is 0. The van der Waals surface area contributed by atoms with Crippen LogP contribution in [-0.2, 0) is 11.2 Å². The average Bonchev–Trinajstić information content (AvgIpc) is 2.88. The lowest BCUT2D eigenvalue weighted by Crippen LogP contribution is -2.45. The van der Waals surface area contributed by atoms with Gasteiger partial charge < -0.3 is 9.73 Å². The normalized spacial score (nSPS) is 16.2. The minimum Gasteiger partial charge on any atom is -0.469 e. The standard InChI is InChI=1S/C15H25NO2/c1-5-11(3)15(17)14(16-12(4)6-2)10-13-8-7-9-18-13/h7-9,11-12,14,16H,5-6,10H2,1-4H3. The van der Waals surface area contributed by atoms with Crippen LogP contribution in [0.3, 0.4) is 0 Å². The van der Waals surface area contributed by atoms with Gasteiger partial charge in [-0.05, 0) is 31.9 Å². The van der Waals surface area contributed by atoms with E-state index in [-0.39, 0.29) is 17.7 Å². The van der Waals surface area contributed by atoms with E-state index < -0.39 is 0 Å².